The summed E-state index contributed by atoms with van der Waals surface area (Å²) in [4.78, 5) is 4.35. The third-order valence-electron chi connectivity index (χ3n) is 4.59. The molecule has 0 bridgehead atoms. The zero-order chi connectivity index (χ0) is 15.4. The van der Waals surface area contributed by atoms with E-state index in [-0.39, 0.29) is 5.82 Å². The lowest BCUT2D eigenvalue weighted by atomic mass is 9.97. The first kappa shape index (κ1) is 15.0. The molecule has 3 rings (SSSR count). The summed E-state index contributed by atoms with van der Waals surface area (Å²) in [6, 6.07) is 6.78. The minimum atomic E-state index is -0.286. The van der Waals surface area contributed by atoms with E-state index < -0.39 is 0 Å². The van der Waals surface area contributed by atoms with Gasteiger partial charge in [-0.15, -0.1) is 0 Å². The second-order valence-electron chi connectivity index (χ2n) is 6.12. The lowest BCUT2D eigenvalue weighted by Crippen LogP contribution is -1.97. The largest absolute Gasteiger partial charge is 0.496 e. The van der Waals surface area contributed by atoms with Crippen LogP contribution in [0.3, 0.4) is 0 Å². The number of halogens is 1. The van der Waals surface area contributed by atoms with Crippen molar-refractivity contribution >= 4 is 0 Å². The Bertz CT molecular complexity index is 635. The standard InChI is InChI=1S/C19H22FNO/c1-22-19-11-17(20)8-9-18(19)16-10-15(12-21-13-16)7-6-14-4-2-3-5-14/h8-14H,2-7H2,1H3. The first-order chi connectivity index (χ1) is 10.8. The maximum absolute atomic E-state index is 13.3. The van der Waals surface area contributed by atoms with Crippen LogP contribution in [-0.4, -0.2) is 12.1 Å². The van der Waals surface area contributed by atoms with Gasteiger partial charge in [-0.2, -0.15) is 0 Å². The average molecular weight is 299 g/mol. The van der Waals surface area contributed by atoms with Gasteiger partial charge in [0.15, 0.2) is 0 Å². The van der Waals surface area contributed by atoms with Crippen LogP contribution >= 0.6 is 0 Å². The predicted octanol–water partition coefficient (Wildman–Crippen LogP) is 5.02. The monoisotopic (exact) mass is 299 g/mol. The van der Waals surface area contributed by atoms with Gasteiger partial charge in [-0.1, -0.05) is 25.7 Å². The lowest BCUT2D eigenvalue weighted by molar-refractivity contribution is 0.413. The van der Waals surface area contributed by atoms with Gasteiger partial charge in [-0.25, -0.2) is 4.39 Å². The van der Waals surface area contributed by atoms with Crippen molar-refractivity contribution in [2.75, 3.05) is 7.11 Å². The van der Waals surface area contributed by atoms with Crippen molar-refractivity contribution < 1.29 is 9.13 Å². The average Bonchev–Trinajstić information content (AvgIpc) is 3.06. The molecule has 22 heavy (non-hydrogen) atoms. The molecule has 0 saturated heterocycles. The molecule has 0 spiro atoms. The molecule has 0 unspecified atom stereocenters. The van der Waals surface area contributed by atoms with E-state index in [0.717, 1.165) is 23.5 Å². The molecule has 116 valence electrons. The highest BCUT2D eigenvalue weighted by Crippen LogP contribution is 2.32. The van der Waals surface area contributed by atoms with Crippen LogP contribution < -0.4 is 4.74 Å². The third kappa shape index (κ3) is 3.46. The van der Waals surface area contributed by atoms with Gasteiger partial charge in [-0.05, 0) is 42.5 Å². The first-order valence-electron chi connectivity index (χ1n) is 8.04. The molecule has 0 atom stereocenters. The highest BCUT2D eigenvalue weighted by Gasteiger charge is 2.15. The Morgan fingerprint density at radius 3 is 2.77 bits per heavy atom. The van der Waals surface area contributed by atoms with E-state index in [1.807, 2.05) is 12.4 Å². The summed E-state index contributed by atoms with van der Waals surface area (Å²) in [5.74, 6) is 1.14. The molecule has 2 nitrogen and oxygen atoms in total. The van der Waals surface area contributed by atoms with Crippen molar-refractivity contribution in [3.8, 4) is 16.9 Å². The number of ether oxygens (including phenoxy) is 1. The summed E-state index contributed by atoms with van der Waals surface area (Å²) in [6.45, 7) is 0. The van der Waals surface area contributed by atoms with Crippen molar-refractivity contribution in [3.63, 3.8) is 0 Å². The number of rotatable bonds is 5. The molecule has 1 saturated carbocycles. The Morgan fingerprint density at radius 1 is 1.18 bits per heavy atom. The quantitative estimate of drug-likeness (QED) is 0.773. The molecule has 2 aromatic rings. The first-order valence-corrected chi connectivity index (χ1v) is 8.04. The van der Waals surface area contributed by atoms with Crippen LogP contribution in [0.25, 0.3) is 11.1 Å². The van der Waals surface area contributed by atoms with E-state index in [1.54, 1.807) is 13.2 Å². The minimum absolute atomic E-state index is 0.286. The fraction of sp³-hybridized carbons (Fsp3) is 0.421. The van der Waals surface area contributed by atoms with Gasteiger partial charge in [0, 0.05) is 29.6 Å². The van der Waals surface area contributed by atoms with Crippen LogP contribution in [0.4, 0.5) is 4.39 Å². The number of hydrogen-bond donors (Lipinski definition) is 0. The van der Waals surface area contributed by atoms with Gasteiger partial charge >= 0.3 is 0 Å². The number of benzene rings is 1. The normalized spacial score (nSPS) is 15.2. The molecular weight excluding hydrogens is 277 g/mol. The number of methoxy groups -OCH3 is 1. The molecular formula is C19H22FNO. The van der Waals surface area contributed by atoms with E-state index in [9.17, 15) is 4.39 Å². The summed E-state index contributed by atoms with van der Waals surface area (Å²) >= 11 is 0. The number of pyridine rings is 1. The summed E-state index contributed by atoms with van der Waals surface area (Å²) in [5.41, 5.74) is 3.12. The van der Waals surface area contributed by atoms with E-state index >= 15 is 0 Å². The molecule has 1 fully saturated rings. The minimum Gasteiger partial charge on any atom is -0.496 e. The number of aromatic nitrogens is 1. The molecule has 0 amide bonds. The highest BCUT2D eigenvalue weighted by molar-refractivity contribution is 5.70. The second kappa shape index (κ2) is 6.91. The van der Waals surface area contributed by atoms with Gasteiger partial charge in [0.1, 0.15) is 11.6 Å². The fourth-order valence-corrected chi connectivity index (χ4v) is 3.34. The summed E-state index contributed by atoms with van der Waals surface area (Å²) in [6.07, 6.45) is 11.6. The maximum atomic E-state index is 13.3. The topological polar surface area (TPSA) is 22.1 Å². The Kier molecular flexibility index (Phi) is 4.71. The summed E-state index contributed by atoms with van der Waals surface area (Å²) in [5, 5.41) is 0. The molecule has 1 aliphatic rings. The van der Waals surface area contributed by atoms with Gasteiger partial charge in [0.05, 0.1) is 7.11 Å². The van der Waals surface area contributed by atoms with Crippen LogP contribution in [0.15, 0.2) is 36.7 Å². The van der Waals surface area contributed by atoms with E-state index in [0.29, 0.717) is 5.75 Å². The SMILES string of the molecule is COc1cc(F)ccc1-c1cncc(CCC2CCCC2)c1. The zero-order valence-corrected chi connectivity index (χ0v) is 13.0. The summed E-state index contributed by atoms with van der Waals surface area (Å²) < 4.78 is 18.6. The number of hydrogen-bond acceptors (Lipinski definition) is 2. The maximum Gasteiger partial charge on any atom is 0.129 e. The Labute approximate surface area is 131 Å². The van der Waals surface area contributed by atoms with Crippen LogP contribution in [0, 0.1) is 11.7 Å². The Morgan fingerprint density at radius 2 is 2.00 bits per heavy atom. The highest BCUT2D eigenvalue weighted by atomic mass is 19.1. The zero-order valence-electron chi connectivity index (χ0n) is 13.0. The Hall–Kier alpha value is -1.90. The van der Waals surface area contributed by atoms with E-state index in [2.05, 4.69) is 11.1 Å². The molecule has 3 heteroatoms. The molecule has 0 N–H and O–H groups in total. The van der Waals surface area contributed by atoms with Gasteiger partial charge in [0.2, 0.25) is 0 Å². The predicted molar refractivity (Wildman–Crippen MR) is 86.5 cm³/mol. The van der Waals surface area contributed by atoms with Gasteiger partial charge in [-0.3, -0.25) is 4.98 Å². The molecule has 0 aliphatic heterocycles. The molecule has 1 heterocycles. The van der Waals surface area contributed by atoms with Gasteiger partial charge in [0.25, 0.3) is 0 Å². The number of aryl methyl sites for hydroxylation is 1. The van der Waals surface area contributed by atoms with Crippen molar-refractivity contribution in [3.05, 3.63) is 48.0 Å². The fourth-order valence-electron chi connectivity index (χ4n) is 3.34. The van der Waals surface area contributed by atoms with Crippen molar-refractivity contribution in [2.24, 2.45) is 5.92 Å². The van der Waals surface area contributed by atoms with Crippen LogP contribution in [0.2, 0.25) is 0 Å². The molecule has 0 radical (unpaired) electrons. The van der Waals surface area contributed by atoms with Crippen LogP contribution in [0.5, 0.6) is 5.75 Å². The number of nitrogens with zero attached hydrogens (tertiary/aromatic N) is 1. The third-order valence-corrected chi connectivity index (χ3v) is 4.59. The Balaban J connectivity index is 1.78. The van der Waals surface area contributed by atoms with Gasteiger partial charge < -0.3 is 4.74 Å². The lowest BCUT2D eigenvalue weighted by Gasteiger charge is -2.11. The smallest absolute Gasteiger partial charge is 0.129 e. The van der Waals surface area contributed by atoms with Crippen molar-refractivity contribution in [1.29, 1.82) is 0 Å². The van der Waals surface area contributed by atoms with Crippen LogP contribution in [-0.2, 0) is 6.42 Å². The van der Waals surface area contributed by atoms with E-state index in [4.69, 9.17) is 4.74 Å². The van der Waals surface area contributed by atoms with Crippen LogP contribution in [0.1, 0.15) is 37.7 Å². The van der Waals surface area contributed by atoms with Crippen molar-refractivity contribution in [2.45, 2.75) is 38.5 Å². The second-order valence-corrected chi connectivity index (χ2v) is 6.12. The van der Waals surface area contributed by atoms with Crippen molar-refractivity contribution in [1.82, 2.24) is 4.98 Å². The molecule has 1 aromatic carbocycles. The molecule has 1 aliphatic carbocycles. The molecule has 1 aromatic heterocycles. The van der Waals surface area contributed by atoms with E-state index in [1.165, 1.54) is 49.8 Å². The summed E-state index contributed by atoms with van der Waals surface area (Å²) in [7, 11) is 1.57.